The van der Waals surface area contributed by atoms with E-state index in [4.69, 9.17) is 6.42 Å². The lowest BCUT2D eigenvalue weighted by atomic mass is 10.1. The van der Waals surface area contributed by atoms with Crippen LogP contribution in [0.25, 0.3) is 0 Å². The number of piperazine rings is 1. The molecule has 1 saturated heterocycles. The van der Waals surface area contributed by atoms with Crippen molar-refractivity contribution in [3.8, 4) is 12.3 Å². The Bertz CT molecular complexity index is 472. The molecule has 0 unspecified atom stereocenters. The predicted molar refractivity (Wildman–Crippen MR) is 72.4 cm³/mol. The Hall–Kier alpha value is -1.79. The number of rotatable bonds is 1. The number of hydrogen-bond acceptors (Lipinski definition) is 2. The van der Waals surface area contributed by atoms with Gasteiger partial charge in [0.15, 0.2) is 0 Å². The smallest absolute Gasteiger partial charge is 0.254 e. The highest BCUT2D eigenvalue weighted by Gasteiger charge is 2.26. The second-order valence-corrected chi connectivity index (χ2v) is 4.83. The molecule has 0 bridgehead atoms. The van der Waals surface area contributed by atoms with Gasteiger partial charge < -0.3 is 9.80 Å². The summed E-state index contributed by atoms with van der Waals surface area (Å²) in [6, 6.07) is 7.50. The standard InChI is InChI=1S/C15H18N2O/c1-4-13-5-7-14(8-6-13)15(18)17-10-9-16(3)11-12(17)2/h1,5-8,12H,9-11H2,2-3H3/t12-/m0/s1. The summed E-state index contributed by atoms with van der Waals surface area (Å²) >= 11 is 0. The molecule has 1 heterocycles. The number of carbonyl (C=O) groups is 1. The third-order valence-corrected chi connectivity index (χ3v) is 3.39. The molecule has 18 heavy (non-hydrogen) atoms. The van der Waals surface area contributed by atoms with Crippen LogP contribution in [-0.2, 0) is 0 Å². The Morgan fingerprint density at radius 2 is 2.00 bits per heavy atom. The van der Waals surface area contributed by atoms with Gasteiger partial charge in [0, 0.05) is 36.8 Å². The maximum absolute atomic E-state index is 12.4. The van der Waals surface area contributed by atoms with Gasteiger partial charge in [-0.3, -0.25) is 4.79 Å². The first-order valence-electron chi connectivity index (χ1n) is 6.18. The summed E-state index contributed by atoms with van der Waals surface area (Å²) in [5.41, 5.74) is 1.52. The number of terminal acetylenes is 1. The van der Waals surface area contributed by atoms with Gasteiger partial charge in [-0.1, -0.05) is 5.92 Å². The average molecular weight is 242 g/mol. The SMILES string of the molecule is C#Cc1ccc(C(=O)N2CCN(C)C[C@@H]2C)cc1. The van der Waals surface area contributed by atoms with E-state index in [1.54, 1.807) is 0 Å². The van der Waals surface area contributed by atoms with Gasteiger partial charge in [0.1, 0.15) is 0 Å². The first-order chi connectivity index (χ1) is 8.61. The monoisotopic (exact) mass is 242 g/mol. The summed E-state index contributed by atoms with van der Waals surface area (Å²) in [6.45, 7) is 4.73. The highest BCUT2D eigenvalue weighted by atomic mass is 16.2. The zero-order valence-corrected chi connectivity index (χ0v) is 10.9. The van der Waals surface area contributed by atoms with Crippen molar-refractivity contribution in [2.45, 2.75) is 13.0 Å². The molecule has 0 N–H and O–H groups in total. The number of likely N-dealkylation sites (N-methyl/N-ethyl adjacent to an activating group) is 1. The van der Waals surface area contributed by atoms with Crippen molar-refractivity contribution < 1.29 is 4.79 Å². The zero-order chi connectivity index (χ0) is 13.1. The molecule has 1 aliphatic rings. The van der Waals surface area contributed by atoms with E-state index in [1.165, 1.54) is 0 Å². The number of nitrogens with zero attached hydrogens (tertiary/aromatic N) is 2. The van der Waals surface area contributed by atoms with Crippen molar-refractivity contribution in [1.82, 2.24) is 9.80 Å². The fourth-order valence-electron chi connectivity index (χ4n) is 2.32. The van der Waals surface area contributed by atoms with Gasteiger partial charge in [0.25, 0.3) is 5.91 Å². The van der Waals surface area contributed by atoms with Crippen molar-refractivity contribution >= 4 is 5.91 Å². The molecule has 1 aromatic carbocycles. The molecule has 0 aliphatic carbocycles. The van der Waals surface area contributed by atoms with Crippen molar-refractivity contribution in [1.29, 1.82) is 0 Å². The van der Waals surface area contributed by atoms with Crippen molar-refractivity contribution in [3.63, 3.8) is 0 Å². The minimum Gasteiger partial charge on any atom is -0.333 e. The third-order valence-electron chi connectivity index (χ3n) is 3.39. The molecule has 1 atom stereocenters. The molecule has 1 amide bonds. The highest BCUT2D eigenvalue weighted by Crippen LogP contribution is 2.13. The molecule has 0 saturated carbocycles. The second-order valence-electron chi connectivity index (χ2n) is 4.83. The summed E-state index contributed by atoms with van der Waals surface area (Å²) in [7, 11) is 2.08. The van der Waals surface area contributed by atoms with Crippen LogP contribution in [0.1, 0.15) is 22.8 Å². The minimum atomic E-state index is 0.0965. The van der Waals surface area contributed by atoms with Gasteiger partial charge in [-0.2, -0.15) is 0 Å². The van der Waals surface area contributed by atoms with Gasteiger partial charge in [0.2, 0.25) is 0 Å². The molecular weight excluding hydrogens is 224 g/mol. The van der Waals surface area contributed by atoms with E-state index >= 15 is 0 Å². The molecule has 1 aliphatic heterocycles. The van der Waals surface area contributed by atoms with Gasteiger partial charge >= 0.3 is 0 Å². The Morgan fingerprint density at radius 1 is 1.33 bits per heavy atom. The van der Waals surface area contributed by atoms with Crippen molar-refractivity contribution in [2.24, 2.45) is 0 Å². The maximum Gasteiger partial charge on any atom is 0.254 e. The lowest BCUT2D eigenvalue weighted by molar-refractivity contribution is 0.0533. The molecule has 0 spiro atoms. The summed E-state index contributed by atoms with van der Waals surface area (Å²) in [4.78, 5) is 16.6. The molecule has 2 rings (SSSR count). The third kappa shape index (κ3) is 2.55. The van der Waals surface area contributed by atoms with E-state index in [1.807, 2.05) is 29.2 Å². The number of amides is 1. The fraction of sp³-hybridized carbons (Fsp3) is 0.400. The van der Waals surface area contributed by atoms with Crippen LogP contribution < -0.4 is 0 Å². The Labute approximate surface area is 108 Å². The molecule has 0 aromatic heterocycles. The molecule has 1 aromatic rings. The topological polar surface area (TPSA) is 23.6 Å². The molecule has 0 radical (unpaired) electrons. The summed E-state index contributed by atoms with van der Waals surface area (Å²) in [5, 5.41) is 0. The lowest BCUT2D eigenvalue weighted by Crippen LogP contribution is -2.52. The Morgan fingerprint density at radius 3 is 2.56 bits per heavy atom. The van der Waals surface area contributed by atoms with Crippen LogP contribution in [0.2, 0.25) is 0 Å². The summed E-state index contributed by atoms with van der Waals surface area (Å²) < 4.78 is 0. The molecule has 94 valence electrons. The largest absolute Gasteiger partial charge is 0.333 e. The first kappa shape index (κ1) is 12.7. The maximum atomic E-state index is 12.4. The predicted octanol–water partition coefficient (Wildman–Crippen LogP) is 1.44. The van der Waals surface area contributed by atoms with Gasteiger partial charge in [-0.25, -0.2) is 0 Å². The van der Waals surface area contributed by atoms with E-state index < -0.39 is 0 Å². The van der Waals surface area contributed by atoms with E-state index in [9.17, 15) is 4.79 Å². The number of benzene rings is 1. The molecular formula is C15H18N2O. The average Bonchev–Trinajstić information content (AvgIpc) is 2.38. The quantitative estimate of drug-likeness (QED) is 0.696. The number of carbonyl (C=O) groups excluding carboxylic acids is 1. The van der Waals surface area contributed by atoms with Crippen LogP contribution in [-0.4, -0.2) is 48.4 Å². The number of hydrogen-bond donors (Lipinski definition) is 0. The molecule has 1 fully saturated rings. The van der Waals surface area contributed by atoms with Crippen molar-refractivity contribution in [3.05, 3.63) is 35.4 Å². The van der Waals surface area contributed by atoms with E-state index in [-0.39, 0.29) is 11.9 Å². The van der Waals surface area contributed by atoms with Crippen LogP contribution >= 0.6 is 0 Å². The van der Waals surface area contributed by atoms with Crippen molar-refractivity contribution in [2.75, 3.05) is 26.7 Å². The Balaban J connectivity index is 2.13. The normalized spacial score (nSPS) is 20.5. The second kappa shape index (κ2) is 5.24. The van der Waals surface area contributed by atoms with E-state index in [2.05, 4.69) is 24.8 Å². The van der Waals surface area contributed by atoms with Crippen LogP contribution in [0.15, 0.2) is 24.3 Å². The molecule has 3 heteroatoms. The van der Waals surface area contributed by atoms with Gasteiger partial charge in [0.05, 0.1) is 0 Å². The van der Waals surface area contributed by atoms with Crippen LogP contribution in [0.5, 0.6) is 0 Å². The van der Waals surface area contributed by atoms with Crippen LogP contribution in [0.4, 0.5) is 0 Å². The summed E-state index contributed by atoms with van der Waals surface area (Å²) in [5.74, 6) is 2.65. The van der Waals surface area contributed by atoms with E-state index in [0.29, 0.717) is 5.56 Å². The summed E-state index contributed by atoms with van der Waals surface area (Å²) in [6.07, 6.45) is 5.31. The van der Waals surface area contributed by atoms with Gasteiger partial charge in [-0.05, 0) is 38.2 Å². The Kier molecular flexibility index (Phi) is 3.69. The van der Waals surface area contributed by atoms with Crippen LogP contribution in [0, 0.1) is 12.3 Å². The minimum absolute atomic E-state index is 0.0965. The first-order valence-corrected chi connectivity index (χ1v) is 6.18. The fourth-order valence-corrected chi connectivity index (χ4v) is 2.32. The van der Waals surface area contributed by atoms with Gasteiger partial charge in [-0.15, -0.1) is 6.42 Å². The molecule has 3 nitrogen and oxygen atoms in total. The lowest BCUT2D eigenvalue weighted by Gasteiger charge is -2.38. The highest BCUT2D eigenvalue weighted by molar-refractivity contribution is 5.94. The zero-order valence-electron chi connectivity index (χ0n) is 10.9. The van der Waals surface area contributed by atoms with Crippen LogP contribution in [0.3, 0.4) is 0 Å². The van der Waals surface area contributed by atoms with E-state index in [0.717, 1.165) is 25.2 Å².